The molecule has 8 nitrogen and oxygen atoms in total. The molecule has 1 N–H and O–H groups in total. The highest BCUT2D eigenvalue weighted by Gasteiger charge is 2.35. The highest BCUT2D eigenvalue weighted by molar-refractivity contribution is 7.92. The molecule has 2 atom stereocenters. The Kier molecular flexibility index (Phi) is 11.5. The van der Waals surface area contributed by atoms with Crippen molar-refractivity contribution in [2.45, 2.75) is 57.1 Å². The average molecular weight is 646 g/mol. The molecule has 0 radical (unpaired) electrons. The first kappa shape index (κ1) is 34.2. The monoisotopic (exact) mass is 645 g/mol. The number of sulfonamides is 1. The van der Waals surface area contributed by atoms with Gasteiger partial charge in [0.2, 0.25) is 11.8 Å². The number of nitrogens with one attached hydrogen (secondary N) is 1. The molecule has 0 fully saturated rings. The summed E-state index contributed by atoms with van der Waals surface area (Å²) in [4.78, 5) is 29.7. The molecule has 4 rings (SSSR count). The molecule has 2 amide bonds. The lowest BCUT2D eigenvalue weighted by Gasteiger charge is -2.34. The van der Waals surface area contributed by atoms with Crippen LogP contribution >= 0.6 is 0 Å². The second-order valence-corrected chi connectivity index (χ2v) is 13.0. The van der Waals surface area contributed by atoms with Gasteiger partial charge in [-0.2, -0.15) is 0 Å². The Bertz CT molecular complexity index is 1730. The van der Waals surface area contributed by atoms with Gasteiger partial charge >= 0.3 is 0 Å². The van der Waals surface area contributed by atoms with E-state index in [0.29, 0.717) is 12.2 Å². The maximum atomic E-state index is 15.1. The largest absolute Gasteiger partial charge is 0.497 e. The van der Waals surface area contributed by atoms with E-state index in [4.69, 9.17) is 4.74 Å². The number of methoxy groups -OCH3 is 1. The van der Waals surface area contributed by atoms with Crippen molar-refractivity contribution in [3.8, 4) is 5.75 Å². The second kappa shape index (κ2) is 15.5. The first-order valence-corrected chi connectivity index (χ1v) is 16.6. The summed E-state index contributed by atoms with van der Waals surface area (Å²) in [5.74, 6) is -1.25. The van der Waals surface area contributed by atoms with Gasteiger partial charge in [0.1, 0.15) is 24.2 Å². The van der Waals surface area contributed by atoms with E-state index in [1.54, 1.807) is 48.5 Å². The number of benzene rings is 4. The van der Waals surface area contributed by atoms with Crippen molar-refractivity contribution in [1.29, 1.82) is 0 Å². The third-order valence-corrected chi connectivity index (χ3v) is 9.59. The van der Waals surface area contributed by atoms with Gasteiger partial charge in [0.15, 0.2) is 0 Å². The van der Waals surface area contributed by atoms with Gasteiger partial charge in [0.05, 0.1) is 17.7 Å². The van der Waals surface area contributed by atoms with E-state index in [0.717, 1.165) is 15.4 Å². The molecule has 0 spiro atoms. The molecule has 242 valence electrons. The van der Waals surface area contributed by atoms with Crippen LogP contribution in [0, 0.1) is 12.7 Å². The minimum Gasteiger partial charge on any atom is -0.497 e. The quantitative estimate of drug-likeness (QED) is 0.185. The van der Waals surface area contributed by atoms with E-state index >= 15 is 4.39 Å². The van der Waals surface area contributed by atoms with Crippen LogP contribution < -0.4 is 14.4 Å². The molecule has 0 aliphatic heterocycles. The summed E-state index contributed by atoms with van der Waals surface area (Å²) < 4.78 is 49.8. The van der Waals surface area contributed by atoms with Crippen LogP contribution in [0.25, 0.3) is 0 Å². The zero-order chi connectivity index (χ0) is 33.3. The average Bonchev–Trinajstić information content (AvgIpc) is 3.06. The molecule has 10 heteroatoms. The fraction of sp³-hybridized carbons (Fsp3) is 0.278. The summed E-state index contributed by atoms with van der Waals surface area (Å²) >= 11 is 0. The van der Waals surface area contributed by atoms with Crippen molar-refractivity contribution in [1.82, 2.24) is 10.2 Å². The molecule has 0 saturated heterocycles. The molecule has 46 heavy (non-hydrogen) atoms. The molecule has 0 saturated carbocycles. The topological polar surface area (TPSA) is 96.0 Å². The van der Waals surface area contributed by atoms with Crippen molar-refractivity contribution in [2.75, 3.05) is 18.0 Å². The van der Waals surface area contributed by atoms with Crippen LogP contribution in [0.4, 0.5) is 10.1 Å². The van der Waals surface area contributed by atoms with E-state index in [1.165, 1.54) is 36.3 Å². The van der Waals surface area contributed by atoms with Gasteiger partial charge < -0.3 is 15.0 Å². The smallest absolute Gasteiger partial charge is 0.264 e. The third kappa shape index (κ3) is 8.51. The lowest BCUT2D eigenvalue weighted by molar-refractivity contribution is -0.140. The lowest BCUT2D eigenvalue weighted by Crippen LogP contribution is -2.54. The zero-order valence-corrected chi connectivity index (χ0v) is 27.3. The number of rotatable bonds is 14. The molecule has 4 aromatic carbocycles. The standard InChI is InChI=1S/C36H40FN3O5S/c1-5-27(3)38-36(42)34(22-28-12-7-6-8-13-28)39(24-29-14-9-10-17-33(29)37)35(41)25-40(30-15-11-16-31(23-30)45-4)46(43,44)32-20-18-26(2)19-21-32/h6-21,23,27,34H,5,22,24-25H2,1-4H3,(H,38,42)/t27-,34-/m1/s1. The number of carbonyl (C=O) groups excluding carboxylic acids is 2. The summed E-state index contributed by atoms with van der Waals surface area (Å²) in [6.45, 7) is 4.73. The molecule has 4 aromatic rings. The summed E-state index contributed by atoms with van der Waals surface area (Å²) in [6, 6.07) is 26.7. The van der Waals surface area contributed by atoms with Crippen LogP contribution in [0.1, 0.15) is 37.0 Å². The minimum atomic E-state index is -4.28. The first-order valence-electron chi connectivity index (χ1n) is 15.1. The highest BCUT2D eigenvalue weighted by atomic mass is 32.2. The Morgan fingerprint density at radius 1 is 0.913 bits per heavy atom. The van der Waals surface area contributed by atoms with Gasteiger partial charge in [-0.05, 0) is 56.2 Å². The SMILES string of the molecule is CC[C@@H](C)NC(=O)[C@@H](Cc1ccccc1)N(Cc1ccccc1F)C(=O)CN(c1cccc(OC)c1)S(=O)(=O)c1ccc(C)cc1. The number of amides is 2. The van der Waals surface area contributed by atoms with E-state index in [-0.39, 0.29) is 35.2 Å². The number of hydrogen-bond donors (Lipinski definition) is 1. The lowest BCUT2D eigenvalue weighted by atomic mass is 10.0. The van der Waals surface area contributed by atoms with Crippen molar-refractivity contribution in [2.24, 2.45) is 0 Å². The molecule has 0 aliphatic rings. The Balaban J connectivity index is 1.83. The Morgan fingerprint density at radius 2 is 1.59 bits per heavy atom. The van der Waals surface area contributed by atoms with Crippen LogP contribution in [0.15, 0.2) is 108 Å². The highest BCUT2D eigenvalue weighted by Crippen LogP contribution is 2.28. The van der Waals surface area contributed by atoms with Crippen molar-refractivity contribution >= 4 is 27.5 Å². The fourth-order valence-corrected chi connectivity index (χ4v) is 6.34. The number of hydrogen-bond acceptors (Lipinski definition) is 5. The van der Waals surface area contributed by atoms with Crippen molar-refractivity contribution in [3.63, 3.8) is 0 Å². The zero-order valence-electron chi connectivity index (χ0n) is 26.5. The van der Waals surface area contributed by atoms with Gasteiger partial charge in [-0.25, -0.2) is 12.8 Å². The Morgan fingerprint density at radius 3 is 2.24 bits per heavy atom. The number of carbonyl (C=O) groups is 2. The summed E-state index contributed by atoms with van der Waals surface area (Å²) in [5.41, 5.74) is 2.05. The van der Waals surface area contributed by atoms with Crippen molar-refractivity contribution < 1.29 is 27.1 Å². The number of ether oxygens (including phenoxy) is 1. The summed E-state index contributed by atoms with van der Waals surface area (Å²) in [6.07, 6.45) is 0.788. The maximum absolute atomic E-state index is 15.1. The van der Waals surface area contributed by atoms with Crippen LogP contribution in [0.5, 0.6) is 5.75 Å². The molecule has 0 heterocycles. The van der Waals surface area contributed by atoms with Gasteiger partial charge in [-0.1, -0.05) is 79.2 Å². The summed E-state index contributed by atoms with van der Waals surface area (Å²) in [7, 11) is -2.82. The van der Waals surface area contributed by atoms with Crippen LogP contribution in [0.2, 0.25) is 0 Å². The van der Waals surface area contributed by atoms with Crippen LogP contribution in [-0.4, -0.2) is 50.9 Å². The molecule has 0 unspecified atom stereocenters. The van der Waals surface area contributed by atoms with Crippen LogP contribution in [0.3, 0.4) is 0 Å². The summed E-state index contributed by atoms with van der Waals surface area (Å²) in [5, 5.41) is 2.97. The normalized spacial score (nSPS) is 12.5. The molecular formula is C36H40FN3O5S. The maximum Gasteiger partial charge on any atom is 0.264 e. The Hall–Kier alpha value is -4.70. The van der Waals surface area contributed by atoms with E-state index in [2.05, 4.69) is 5.32 Å². The number of halogens is 1. The molecule has 0 aromatic heterocycles. The van der Waals surface area contributed by atoms with Gasteiger partial charge in [-0.3, -0.25) is 13.9 Å². The van der Waals surface area contributed by atoms with Gasteiger partial charge in [0.25, 0.3) is 10.0 Å². The van der Waals surface area contributed by atoms with E-state index in [9.17, 15) is 18.0 Å². The third-order valence-electron chi connectivity index (χ3n) is 7.80. The number of anilines is 1. The van der Waals surface area contributed by atoms with Gasteiger partial charge in [0, 0.05) is 30.6 Å². The fourth-order valence-electron chi connectivity index (χ4n) is 4.94. The Labute approximate surface area is 270 Å². The number of nitrogens with zero attached hydrogens (tertiary/aromatic N) is 2. The minimum absolute atomic E-state index is 0.00952. The molecular weight excluding hydrogens is 605 g/mol. The van der Waals surface area contributed by atoms with E-state index in [1.807, 2.05) is 51.1 Å². The molecule has 0 bridgehead atoms. The second-order valence-electron chi connectivity index (χ2n) is 11.2. The predicted octanol–water partition coefficient (Wildman–Crippen LogP) is 5.89. The van der Waals surface area contributed by atoms with Crippen LogP contribution in [-0.2, 0) is 32.6 Å². The van der Waals surface area contributed by atoms with Gasteiger partial charge in [-0.15, -0.1) is 0 Å². The first-order chi connectivity index (χ1) is 22.0. The molecule has 0 aliphatic carbocycles. The predicted molar refractivity (Wildman–Crippen MR) is 177 cm³/mol. The number of aryl methyl sites for hydroxylation is 1. The van der Waals surface area contributed by atoms with Crippen molar-refractivity contribution in [3.05, 3.63) is 126 Å². The van der Waals surface area contributed by atoms with E-state index < -0.39 is 40.2 Å².